The zero-order valence-electron chi connectivity index (χ0n) is 9.14. The van der Waals surface area contributed by atoms with E-state index in [0.29, 0.717) is 18.8 Å². The van der Waals surface area contributed by atoms with E-state index in [-0.39, 0.29) is 0 Å². The van der Waals surface area contributed by atoms with Gasteiger partial charge >= 0.3 is 0 Å². The molecule has 2 rings (SSSR count). The van der Waals surface area contributed by atoms with E-state index in [1.165, 1.54) is 0 Å². The third-order valence-corrected chi connectivity index (χ3v) is 2.28. The molecular formula is C12H14N2O2. The molecule has 1 aromatic carbocycles. The topological polar surface area (TPSA) is 61.3 Å². The van der Waals surface area contributed by atoms with Crippen molar-refractivity contribution in [1.82, 2.24) is 5.16 Å². The van der Waals surface area contributed by atoms with Crippen molar-refractivity contribution in [2.45, 2.75) is 13.3 Å². The van der Waals surface area contributed by atoms with E-state index in [4.69, 9.17) is 15.0 Å². The lowest BCUT2D eigenvalue weighted by Gasteiger charge is -2.05. The first-order chi connectivity index (χ1) is 7.79. The molecule has 0 unspecified atom stereocenters. The minimum absolute atomic E-state index is 0.446. The zero-order valence-corrected chi connectivity index (χ0v) is 9.14. The van der Waals surface area contributed by atoms with Crippen LogP contribution in [-0.2, 0) is 6.42 Å². The largest absolute Gasteiger partial charge is 0.494 e. The van der Waals surface area contributed by atoms with Gasteiger partial charge in [0.25, 0.3) is 0 Å². The minimum atomic E-state index is 0.446. The van der Waals surface area contributed by atoms with Gasteiger partial charge in [0, 0.05) is 12.0 Å². The Bertz CT molecular complexity index is 466. The molecule has 0 spiro atoms. The van der Waals surface area contributed by atoms with E-state index >= 15 is 0 Å². The minimum Gasteiger partial charge on any atom is -0.494 e. The number of ether oxygens (including phenoxy) is 1. The molecule has 2 aromatic rings. The van der Waals surface area contributed by atoms with E-state index in [1.54, 1.807) is 6.26 Å². The van der Waals surface area contributed by atoms with Gasteiger partial charge in [0.2, 0.25) is 0 Å². The average Bonchev–Trinajstić information content (AvgIpc) is 2.66. The van der Waals surface area contributed by atoms with Crippen molar-refractivity contribution in [3.8, 4) is 5.75 Å². The van der Waals surface area contributed by atoms with Crippen LogP contribution < -0.4 is 10.5 Å². The van der Waals surface area contributed by atoms with Crippen molar-refractivity contribution in [3.63, 3.8) is 0 Å². The molecular weight excluding hydrogens is 204 g/mol. The standard InChI is InChI=1S/C12H14N2O2/c1-2-15-11-5-3-4-9(7-11)6-10-8-16-14-12(10)13/h3-5,7-8H,2,6H2,1H3,(H2,13,14). The molecule has 0 saturated carbocycles. The highest BCUT2D eigenvalue weighted by Gasteiger charge is 2.05. The number of benzene rings is 1. The second-order valence-corrected chi connectivity index (χ2v) is 3.48. The fourth-order valence-electron chi connectivity index (χ4n) is 1.53. The van der Waals surface area contributed by atoms with Gasteiger partial charge in [-0.3, -0.25) is 0 Å². The fourth-order valence-corrected chi connectivity index (χ4v) is 1.53. The first-order valence-electron chi connectivity index (χ1n) is 5.20. The van der Waals surface area contributed by atoms with E-state index in [2.05, 4.69) is 5.16 Å². The fraction of sp³-hybridized carbons (Fsp3) is 0.250. The molecule has 84 valence electrons. The van der Waals surface area contributed by atoms with Crippen LogP contribution in [0.3, 0.4) is 0 Å². The van der Waals surface area contributed by atoms with E-state index in [9.17, 15) is 0 Å². The number of nitrogen functional groups attached to an aromatic ring is 1. The van der Waals surface area contributed by atoms with Gasteiger partial charge in [0.15, 0.2) is 5.82 Å². The molecule has 16 heavy (non-hydrogen) atoms. The van der Waals surface area contributed by atoms with Gasteiger partial charge in [-0.25, -0.2) is 0 Å². The van der Waals surface area contributed by atoms with Crippen molar-refractivity contribution in [3.05, 3.63) is 41.7 Å². The van der Waals surface area contributed by atoms with Crippen molar-refractivity contribution in [2.24, 2.45) is 0 Å². The highest BCUT2D eigenvalue weighted by atomic mass is 16.5. The molecule has 0 atom stereocenters. The Morgan fingerprint density at radius 1 is 1.44 bits per heavy atom. The summed E-state index contributed by atoms with van der Waals surface area (Å²) in [5.41, 5.74) is 7.67. The molecule has 0 aliphatic carbocycles. The molecule has 0 amide bonds. The van der Waals surface area contributed by atoms with Crippen LogP contribution in [0.2, 0.25) is 0 Å². The number of rotatable bonds is 4. The number of nitrogens with two attached hydrogens (primary N) is 1. The normalized spacial score (nSPS) is 10.3. The molecule has 0 fully saturated rings. The van der Waals surface area contributed by atoms with Crippen LogP contribution >= 0.6 is 0 Å². The van der Waals surface area contributed by atoms with Crippen molar-refractivity contribution < 1.29 is 9.26 Å². The van der Waals surface area contributed by atoms with Gasteiger partial charge in [-0.15, -0.1) is 0 Å². The highest BCUT2D eigenvalue weighted by molar-refractivity contribution is 5.40. The van der Waals surface area contributed by atoms with Gasteiger partial charge in [-0.2, -0.15) is 0 Å². The Morgan fingerprint density at radius 2 is 2.31 bits per heavy atom. The Hall–Kier alpha value is -1.97. The number of hydrogen-bond acceptors (Lipinski definition) is 4. The maximum absolute atomic E-state index is 5.65. The molecule has 1 aromatic heterocycles. The summed E-state index contributed by atoms with van der Waals surface area (Å²) in [6, 6.07) is 7.92. The van der Waals surface area contributed by atoms with Gasteiger partial charge in [0.05, 0.1) is 6.61 Å². The lowest BCUT2D eigenvalue weighted by molar-refractivity contribution is 0.340. The van der Waals surface area contributed by atoms with Crippen molar-refractivity contribution in [2.75, 3.05) is 12.3 Å². The van der Waals surface area contributed by atoms with E-state index in [0.717, 1.165) is 16.9 Å². The molecule has 1 heterocycles. The van der Waals surface area contributed by atoms with Crippen LogP contribution in [0.1, 0.15) is 18.1 Å². The SMILES string of the molecule is CCOc1cccc(Cc2conc2N)c1. The monoisotopic (exact) mass is 218 g/mol. The third kappa shape index (κ3) is 2.34. The summed E-state index contributed by atoms with van der Waals surface area (Å²) < 4.78 is 10.2. The van der Waals surface area contributed by atoms with Gasteiger partial charge in [-0.05, 0) is 24.6 Å². The van der Waals surface area contributed by atoms with Crippen LogP contribution in [0.25, 0.3) is 0 Å². The summed E-state index contributed by atoms with van der Waals surface area (Å²) in [5, 5.41) is 3.64. The lowest BCUT2D eigenvalue weighted by atomic mass is 10.1. The summed E-state index contributed by atoms with van der Waals surface area (Å²) in [5.74, 6) is 1.32. The summed E-state index contributed by atoms with van der Waals surface area (Å²) in [6.45, 7) is 2.63. The Morgan fingerprint density at radius 3 is 3.00 bits per heavy atom. The number of nitrogens with zero attached hydrogens (tertiary/aromatic N) is 1. The second kappa shape index (κ2) is 4.70. The maximum Gasteiger partial charge on any atom is 0.170 e. The first kappa shape index (κ1) is 10.5. The molecule has 2 N–H and O–H groups in total. The van der Waals surface area contributed by atoms with Crippen LogP contribution in [0.5, 0.6) is 5.75 Å². The summed E-state index contributed by atoms with van der Waals surface area (Å²) in [4.78, 5) is 0. The molecule has 4 nitrogen and oxygen atoms in total. The van der Waals surface area contributed by atoms with Gasteiger partial charge in [-0.1, -0.05) is 17.3 Å². The zero-order chi connectivity index (χ0) is 11.4. The predicted molar refractivity (Wildman–Crippen MR) is 61.3 cm³/mol. The Labute approximate surface area is 94.0 Å². The Kier molecular flexibility index (Phi) is 3.10. The Balaban J connectivity index is 2.15. The maximum atomic E-state index is 5.65. The average molecular weight is 218 g/mol. The van der Waals surface area contributed by atoms with Crippen LogP contribution in [0.15, 0.2) is 35.1 Å². The summed E-state index contributed by atoms with van der Waals surface area (Å²) in [7, 11) is 0. The predicted octanol–water partition coefficient (Wildman–Crippen LogP) is 2.25. The number of aromatic nitrogens is 1. The van der Waals surface area contributed by atoms with Crippen LogP contribution in [0.4, 0.5) is 5.82 Å². The molecule has 0 bridgehead atoms. The molecule has 4 heteroatoms. The van der Waals surface area contributed by atoms with Gasteiger partial charge < -0.3 is 15.0 Å². The van der Waals surface area contributed by atoms with E-state index < -0.39 is 0 Å². The van der Waals surface area contributed by atoms with Crippen molar-refractivity contribution in [1.29, 1.82) is 0 Å². The van der Waals surface area contributed by atoms with Crippen LogP contribution in [-0.4, -0.2) is 11.8 Å². The number of hydrogen-bond donors (Lipinski definition) is 1. The molecule has 0 aliphatic rings. The summed E-state index contributed by atoms with van der Waals surface area (Å²) in [6.07, 6.45) is 2.28. The van der Waals surface area contributed by atoms with Crippen LogP contribution in [0, 0.1) is 0 Å². The van der Waals surface area contributed by atoms with E-state index in [1.807, 2.05) is 31.2 Å². The number of anilines is 1. The molecule has 0 aliphatic heterocycles. The third-order valence-electron chi connectivity index (χ3n) is 2.28. The second-order valence-electron chi connectivity index (χ2n) is 3.48. The lowest BCUT2D eigenvalue weighted by Crippen LogP contribution is -1.95. The molecule has 0 saturated heterocycles. The quantitative estimate of drug-likeness (QED) is 0.854. The highest BCUT2D eigenvalue weighted by Crippen LogP contribution is 2.18. The van der Waals surface area contributed by atoms with Crippen molar-refractivity contribution >= 4 is 5.82 Å². The van der Waals surface area contributed by atoms with Gasteiger partial charge in [0.1, 0.15) is 12.0 Å². The molecule has 0 radical (unpaired) electrons. The summed E-state index contributed by atoms with van der Waals surface area (Å²) >= 11 is 0. The first-order valence-corrected chi connectivity index (χ1v) is 5.20. The smallest absolute Gasteiger partial charge is 0.170 e.